The second kappa shape index (κ2) is 17.8. The van der Waals surface area contributed by atoms with Crippen molar-refractivity contribution in [2.75, 3.05) is 18.0 Å². The van der Waals surface area contributed by atoms with Crippen LogP contribution in [0, 0.1) is 3.80 Å². The summed E-state index contributed by atoms with van der Waals surface area (Å²) in [7, 11) is 0. The molecule has 2 aliphatic heterocycles. The van der Waals surface area contributed by atoms with E-state index in [1.165, 1.54) is 110 Å². The molecule has 0 bridgehead atoms. The Morgan fingerprint density at radius 3 is 1.89 bits per heavy atom. The zero-order valence-electron chi connectivity index (χ0n) is 40.9. The van der Waals surface area contributed by atoms with Gasteiger partial charge in [0.25, 0.3) is 0 Å². The van der Waals surface area contributed by atoms with Crippen molar-refractivity contribution < 1.29 is 24.1 Å². The van der Waals surface area contributed by atoms with E-state index in [0.717, 1.165) is 76.6 Å². The van der Waals surface area contributed by atoms with E-state index in [4.69, 9.17) is 9.72 Å². The van der Waals surface area contributed by atoms with Crippen molar-refractivity contribution >= 4 is 38.5 Å². The molecular weight excluding hydrogens is 1050 g/mol. The molecule has 6 nitrogen and oxygen atoms in total. The summed E-state index contributed by atoms with van der Waals surface area (Å²) >= 11 is 2.60. The van der Waals surface area contributed by atoms with Gasteiger partial charge in [-0.25, -0.2) is 0 Å². The fraction of sp³-hybridized carbons (Fsp3) is 0.250. The predicted octanol–water partition coefficient (Wildman–Crippen LogP) is 16.2. The average Bonchev–Trinajstić information content (AvgIpc) is 3.89. The van der Waals surface area contributed by atoms with Crippen LogP contribution in [0.1, 0.15) is 93.9 Å². The molecule has 10 aromatic rings. The van der Waals surface area contributed by atoms with Gasteiger partial charge in [-0.05, 0) is 41.4 Å². The monoisotopic (exact) mass is 1110 g/mol. The van der Waals surface area contributed by atoms with Gasteiger partial charge in [0.1, 0.15) is 0 Å². The Hall–Kier alpha value is -6.75. The molecule has 0 atom stereocenters. The predicted molar refractivity (Wildman–Crippen MR) is 289 cm³/mol. The molecule has 0 spiro atoms. The van der Waals surface area contributed by atoms with Gasteiger partial charge in [0.2, 0.25) is 0 Å². The number of hydrogen-bond acceptors (Lipinski definition) is 3. The van der Waals surface area contributed by atoms with Crippen molar-refractivity contribution in [3.63, 3.8) is 0 Å². The van der Waals surface area contributed by atoms with E-state index >= 15 is 0 Å². The SMILES string of the molecule is CC(C)(C)c1ccnc(-n2c3ccc(C4CCCCC4)cc3c3ccc(Oc4cccc(-n5[c](=[Pt])n(-c6c(-c7ccccc7)c7c8c(c6-c6ccccc6)CCCN8CCC7)c6ccccc65)c4)cc32)c1. The van der Waals surface area contributed by atoms with Gasteiger partial charge in [-0.2, -0.15) is 0 Å². The van der Waals surface area contributed by atoms with Crippen LogP contribution in [-0.2, 0) is 37.6 Å². The third kappa shape index (κ3) is 7.64. The summed E-state index contributed by atoms with van der Waals surface area (Å²) in [5.74, 6) is 3.12. The summed E-state index contributed by atoms with van der Waals surface area (Å²) in [6.45, 7) is 9.04. The van der Waals surface area contributed by atoms with Crippen LogP contribution in [0.2, 0.25) is 0 Å². The first kappa shape index (κ1) is 44.2. The van der Waals surface area contributed by atoms with E-state index in [0.29, 0.717) is 5.92 Å². The van der Waals surface area contributed by atoms with Gasteiger partial charge in [0, 0.05) is 6.20 Å². The molecule has 7 heteroatoms. The molecule has 1 saturated carbocycles. The number of fused-ring (bicyclic) bond motifs is 4. The van der Waals surface area contributed by atoms with Gasteiger partial charge < -0.3 is 0 Å². The van der Waals surface area contributed by atoms with Crippen molar-refractivity contribution in [1.29, 1.82) is 0 Å². The molecule has 1 fully saturated rings. The van der Waals surface area contributed by atoms with Crippen LogP contribution in [0.25, 0.3) is 72.3 Å². The van der Waals surface area contributed by atoms with Gasteiger partial charge in [-0.1, -0.05) is 46.1 Å². The number of anilines is 1. The molecule has 3 aliphatic rings. The summed E-state index contributed by atoms with van der Waals surface area (Å²) in [5, 5.41) is 2.49. The van der Waals surface area contributed by atoms with Crippen LogP contribution in [0.5, 0.6) is 11.5 Å². The second-order valence-corrected chi connectivity index (χ2v) is 22.1. The number of imidazole rings is 1. The van der Waals surface area contributed by atoms with Gasteiger partial charge in [-0.15, -0.1) is 0 Å². The van der Waals surface area contributed by atoms with Gasteiger partial charge >= 0.3 is 336 Å². The number of hydrogen-bond donors (Lipinski definition) is 0. The Labute approximate surface area is 427 Å². The summed E-state index contributed by atoms with van der Waals surface area (Å²) in [5.41, 5.74) is 19.3. The first-order valence-corrected chi connectivity index (χ1v) is 27.0. The van der Waals surface area contributed by atoms with Crippen molar-refractivity contribution in [1.82, 2.24) is 18.7 Å². The Morgan fingerprint density at radius 1 is 0.535 bits per heavy atom. The van der Waals surface area contributed by atoms with Crippen LogP contribution in [-0.4, -0.2) is 31.8 Å². The molecule has 5 heterocycles. The maximum absolute atomic E-state index is 6.98. The Morgan fingerprint density at radius 2 is 1.20 bits per heavy atom. The molecule has 71 heavy (non-hydrogen) atoms. The van der Waals surface area contributed by atoms with E-state index < -0.39 is 0 Å². The Kier molecular flexibility index (Phi) is 11.1. The van der Waals surface area contributed by atoms with Crippen LogP contribution in [0.3, 0.4) is 0 Å². The third-order valence-corrected chi connectivity index (χ3v) is 16.7. The number of para-hydroxylation sites is 2. The Balaban J connectivity index is 0.968. The zero-order chi connectivity index (χ0) is 47.8. The summed E-state index contributed by atoms with van der Waals surface area (Å²) < 4.78 is 15.4. The summed E-state index contributed by atoms with van der Waals surface area (Å²) in [6, 6.07) is 58.1. The average molecular weight is 1110 g/mol. The molecule has 356 valence electrons. The number of ether oxygens (including phenoxy) is 1. The first-order chi connectivity index (χ1) is 34.8. The third-order valence-electron chi connectivity index (χ3n) is 15.7. The van der Waals surface area contributed by atoms with Gasteiger partial charge in [0.05, 0.1) is 0 Å². The molecule has 7 aromatic carbocycles. The minimum atomic E-state index is -0.0150. The molecule has 0 radical (unpaired) electrons. The zero-order valence-corrected chi connectivity index (χ0v) is 43.2. The first-order valence-electron chi connectivity index (χ1n) is 25.9. The van der Waals surface area contributed by atoms with Crippen molar-refractivity contribution in [2.24, 2.45) is 0 Å². The molecule has 0 saturated heterocycles. The van der Waals surface area contributed by atoms with Crippen LogP contribution >= 0.6 is 0 Å². The molecule has 0 amide bonds. The Bertz CT molecular complexity index is 3660. The minimum absolute atomic E-state index is 0.0150. The molecule has 0 unspecified atom stereocenters. The van der Waals surface area contributed by atoms with E-state index in [1.54, 1.807) is 0 Å². The van der Waals surface area contributed by atoms with Gasteiger partial charge in [0.15, 0.2) is 0 Å². The van der Waals surface area contributed by atoms with Crippen molar-refractivity contribution in [3.8, 4) is 50.9 Å². The standard InChI is InChI=1S/C64H59N5O.Pt/c1-64(2,3)47-34-35-65-59(39-47)69-55-33-30-46(43-18-7-4-8-19-43)38-54(55)51-32-31-50(41-58(51)69)70-49-25-15-24-48(40-49)67-42-68(57-29-14-13-28-56(57)67)63-60(44-20-9-5-10-21-44)52-26-16-36-66-37-17-27-53(62(52)66)61(63)45-22-11-6-12-23-45;/h5-6,9-15,20-25,28-35,38-41,43H,4,7-8,16-19,26-27,36-37H2,1-3H3;. The molecule has 3 aromatic heterocycles. The number of benzene rings is 7. The topological polar surface area (TPSA) is 40.1 Å². The van der Waals surface area contributed by atoms with Gasteiger partial charge in [-0.3, -0.25) is 0 Å². The van der Waals surface area contributed by atoms with E-state index in [9.17, 15) is 0 Å². The number of rotatable bonds is 8. The molecule has 0 N–H and O–H groups in total. The fourth-order valence-corrected chi connectivity index (χ4v) is 13.5. The number of aromatic nitrogens is 4. The molecule has 1 aliphatic carbocycles. The summed E-state index contributed by atoms with van der Waals surface area (Å²) in [6.07, 6.45) is 12.9. The van der Waals surface area contributed by atoms with E-state index in [2.05, 4.69) is 216 Å². The summed E-state index contributed by atoms with van der Waals surface area (Å²) in [4.78, 5) is 7.71. The van der Waals surface area contributed by atoms with Crippen LogP contribution < -0.4 is 9.64 Å². The van der Waals surface area contributed by atoms with E-state index in [-0.39, 0.29) is 5.41 Å². The van der Waals surface area contributed by atoms with Crippen molar-refractivity contribution in [3.05, 3.63) is 190 Å². The maximum atomic E-state index is 6.98. The van der Waals surface area contributed by atoms with Crippen molar-refractivity contribution in [2.45, 2.75) is 89.9 Å². The molecular formula is C64H59N5OPt. The van der Waals surface area contributed by atoms with Crippen LogP contribution in [0.4, 0.5) is 5.69 Å². The number of nitrogens with zero attached hydrogens (tertiary/aromatic N) is 5. The molecule has 13 rings (SSSR count). The second-order valence-electron chi connectivity index (χ2n) is 21.1. The number of pyridine rings is 1. The van der Waals surface area contributed by atoms with E-state index in [1.807, 2.05) is 6.20 Å². The quantitative estimate of drug-likeness (QED) is 0.152. The van der Waals surface area contributed by atoms with Crippen LogP contribution in [0.15, 0.2) is 164 Å². The normalized spacial score (nSPS) is 15.2. The fourth-order valence-electron chi connectivity index (χ4n) is 12.4.